The van der Waals surface area contributed by atoms with Gasteiger partial charge in [-0.3, -0.25) is 4.79 Å². The fourth-order valence-electron chi connectivity index (χ4n) is 3.30. The zero-order valence-corrected chi connectivity index (χ0v) is 13.2. The van der Waals surface area contributed by atoms with Crippen molar-refractivity contribution in [1.29, 1.82) is 0 Å². The Morgan fingerprint density at radius 2 is 2.14 bits per heavy atom. The maximum Gasteiger partial charge on any atom is 0.251 e. The number of rotatable bonds is 4. The van der Waals surface area contributed by atoms with E-state index in [1.54, 1.807) is 12.1 Å². The van der Waals surface area contributed by atoms with Crippen LogP contribution in [-0.2, 0) is 16.4 Å². The lowest BCUT2D eigenvalue weighted by atomic mass is 10.0. The van der Waals surface area contributed by atoms with Gasteiger partial charge in [0.2, 0.25) is 10.0 Å². The monoisotopic (exact) mass is 323 g/mol. The molecule has 1 aromatic rings. The van der Waals surface area contributed by atoms with E-state index >= 15 is 0 Å². The molecular weight excluding hydrogens is 302 g/mol. The van der Waals surface area contributed by atoms with E-state index in [2.05, 4.69) is 10.0 Å². The van der Waals surface area contributed by atoms with E-state index in [1.807, 2.05) is 0 Å². The van der Waals surface area contributed by atoms with E-state index in [-0.39, 0.29) is 22.8 Å². The number of carbonyl (C=O) groups excluding carboxylic acids is 1. The zero-order chi connectivity index (χ0) is 15.7. The van der Waals surface area contributed by atoms with Crippen LogP contribution in [0.1, 0.15) is 35.2 Å². The average molecular weight is 323 g/mol. The minimum Gasteiger partial charge on any atom is -0.352 e. The second-order valence-corrected chi connectivity index (χ2v) is 7.69. The second-order valence-electron chi connectivity index (χ2n) is 5.98. The first-order valence-corrected chi connectivity index (χ1v) is 9.13. The molecule has 0 radical (unpaired) electrons. The standard InChI is InChI=1S/C15H21N3O3S/c16-9-11-2-1-3-14(11)18-22(20,21)12-5-4-10-6-7-17-15(19)13(10)8-12/h4-5,8,11,14,18H,1-3,6-7,9,16H2,(H,17,19)/t11-,14+/m0/s1. The molecule has 0 saturated heterocycles. The summed E-state index contributed by atoms with van der Waals surface area (Å²) < 4.78 is 27.9. The summed E-state index contributed by atoms with van der Waals surface area (Å²) in [4.78, 5) is 12.0. The van der Waals surface area contributed by atoms with E-state index in [0.717, 1.165) is 31.2 Å². The Kier molecular flexibility index (Phi) is 4.20. The Bertz CT molecular complexity index is 687. The molecule has 22 heavy (non-hydrogen) atoms. The zero-order valence-electron chi connectivity index (χ0n) is 12.3. The van der Waals surface area contributed by atoms with Crippen molar-refractivity contribution in [3.8, 4) is 0 Å². The molecule has 2 atom stereocenters. The molecule has 1 amide bonds. The first-order chi connectivity index (χ1) is 10.5. The first kappa shape index (κ1) is 15.5. The van der Waals surface area contributed by atoms with Gasteiger partial charge in [0, 0.05) is 18.2 Å². The van der Waals surface area contributed by atoms with E-state index in [0.29, 0.717) is 18.7 Å². The van der Waals surface area contributed by atoms with Gasteiger partial charge in [0.05, 0.1) is 4.90 Å². The number of amides is 1. The fourth-order valence-corrected chi connectivity index (χ4v) is 4.66. The Labute approximate surface area is 130 Å². The predicted molar refractivity (Wildman–Crippen MR) is 83.0 cm³/mol. The number of nitrogens with one attached hydrogen (secondary N) is 2. The van der Waals surface area contributed by atoms with E-state index in [1.165, 1.54) is 6.07 Å². The first-order valence-electron chi connectivity index (χ1n) is 7.65. The number of sulfonamides is 1. The minimum absolute atomic E-state index is 0.111. The molecule has 3 rings (SSSR count). The largest absolute Gasteiger partial charge is 0.352 e. The van der Waals surface area contributed by atoms with Gasteiger partial charge in [0.1, 0.15) is 0 Å². The average Bonchev–Trinajstić information content (AvgIpc) is 2.94. The van der Waals surface area contributed by atoms with Crippen LogP contribution in [0.25, 0.3) is 0 Å². The molecule has 0 aromatic heterocycles. The van der Waals surface area contributed by atoms with Crippen molar-refractivity contribution in [3.05, 3.63) is 29.3 Å². The van der Waals surface area contributed by atoms with Crippen molar-refractivity contribution < 1.29 is 13.2 Å². The minimum atomic E-state index is -3.63. The number of carbonyl (C=O) groups is 1. The SMILES string of the molecule is NC[C@@H]1CCC[C@H]1NS(=O)(=O)c1ccc2c(c1)C(=O)NCC2. The summed E-state index contributed by atoms with van der Waals surface area (Å²) in [6, 6.07) is 4.67. The highest BCUT2D eigenvalue weighted by atomic mass is 32.2. The molecule has 2 aliphatic rings. The van der Waals surface area contributed by atoms with Gasteiger partial charge >= 0.3 is 0 Å². The van der Waals surface area contributed by atoms with Crippen molar-refractivity contribution in [1.82, 2.24) is 10.0 Å². The normalized spacial score (nSPS) is 24.9. The van der Waals surface area contributed by atoms with Crippen LogP contribution < -0.4 is 15.8 Å². The quantitative estimate of drug-likeness (QED) is 0.745. The van der Waals surface area contributed by atoms with Gasteiger partial charge in [0.25, 0.3) is 5.91 Å². The number of hydrogen-bond donors (Lipinski definition) is 3. The van der Waals surface area contributed by atoms with Crippen LogP contribution in [0.3, 0.4) is 0 Å². The van der Waals surface area contributed by atoms with Gasteiger partial charge < -0.3 is 11.1 Å². The van der Waals surface area contributed by atoms with Gasteiger partial charge in [-0.05, 0) is 49.4 Å². The molecule has 1 aliphatic carbocycles. The van der Waals surface area contributed by atoms with Crippen molar-refractivity contribution in [2.45, 2.75) is 36.6 Å². The third-order valence-electron chi connectivity index (χ3n) is 4.58. The van der Waals surface area contributed by atoms with Crippen LogP contribution in [-0.4, -0.2) is 33.5 Å². The Morgan fingerprint density at radius 3 is 2.91 bits per heavy atom. The van der Waals surface area contributed by atoms with E-state index in [4.69, 9.17) is 5.73 Å². The third-order valence-corrected chi connectivity index (χ3v) is 6.07. The van der Waals surface area contributed by atoms with Crippen LogP contribution >= 0.6 is 0 Å². The van der Waals surface area contributed by atoms with Gasteiger partial charge in [-0.1, -0.05) is 12.5 Å². The summed E-state index contributed by atoms with van der Waals surface area (Å²) in [6.07, 6.45) is 3.48. The molecule has 0 spiro atoms. The molecule has 0 unspecified atom stereocenters. The predicted octanol–water partition coefficient (Wildman–Crippen LogP) is 0.378. The molecule has 1 aliphatic heterocycles. The summed E-state index contributed by atoms with van der Waals surface area (Å²) in [5.74, 6) is -0.0188. The van der Waals surface area contributed by atoms with Gasteiger partial charge in [-0.2, -0.15) is 0 Å². The second kappa shape index (κ2) is 5.98. The van der Waals surface area contributed by atoms with Crippen molar-refractivity contribution in [3.63, 3.8) is 0 Å². The highest BCUT2D eigenvalue weighted by molar-refractivity contribution is 7.89. The smallest absolute Gasteiger partial charge is 0.251 e. The van der Waals surface area contributed by atoms with E-state index in [9.17, 15) is 13.2 Å². The summed E-state index contributed by atoms with van der Waals surface area (Å²) in [6.45, 7) is 1.08. The molecule has 0 bridgehead atoms. The maximum absolute atomic E-state index is 12.6. The van der Waals surface area contributed by atoms with Gasteiger partial charge in [0.15, 0.2) is 0 Å². The summed E-state index contributed by atoms with van der Waals surface area (Å²) >= 11 is 0. The number of hydrogen-bond acceptors (Lipinski definition) is 4. The van der Waals surface area contributed by atoms with Crippen molar-refractivity contribution in [2.24, 2.45) is 11.7 Å². The number of benzene rings is 1. The third kappa shape index (κ3) is 2.88. The fraction of sp³-hybridized carbons (Fsp3) is 0.533. The topological polar surface area (TPSA) is 101 Å². The highest BCUT2D eigenvalue weighted by Gasteiger charge is 2.31. The number of fused-ring (bicyclic) bond motifs is 1. The summed E-state index contributed by atoms with van der Waals surface area (Å²) in [5, 5.41) is 2.74. The lowest BCUT2D eigenvalue weighted by Crippen LogP contribution is -2.40. The van der Waals surface area contributed by atoms with Crippen LogP contribution in [0.5, 0.6) is 0 Å². The van der Waals surface area contributed by atoms with E-state index < -0.39 is 10.0 Å². The molecule has 1 heterocycles. The summed E-state index contributed by atoms with van der Waals surface area (Å²) in [7, 11) is -3.63. The molecule has 120 valence electrons. The summed E-state index contributed by atoms with van der Waals surface area (Å²) in [5.41, 5.74) is 7.05. The molecule has 6 nitrogen and oxygen atoms in total. The van der Waals surface area contributed by atoms with Crippen LogP contribution in [0.2, 0.25) is 0 Å². The Morgan fingerprint density at radius 1 is 1.32 bits per heavy atom. The Balaban J connectivity index is 1.86. The molecule has 1 saturated carbocycles. The van der Waals surface area contributed by atoms with Gasteiger partial charge in [-0.25, -0.2) is 13.1 Å². The highest BCUT2D eigenvalue weighted by Crippen LogP contribution is 2.27. The molecule has 4 N–H and O–H groups in total. The van der Waals surface area contributed by atoms with Crippen molar-refractivity contribution >= 4 is 15.9 Å². The number of nitrogens with two attached hydrogens (primary N) is 1. The Hall–Kier alpha value is -1.44. The lowest BCUT2D eigenvalue weighted by Gasteiger charge is -2.21. The molecule has 7 heteroatoms. The molecule has 1 aromatic carbocycles. The van der Waals surface area contributed by atoms with Crippen LogP contribution in [0.4, 0.5) is 0 Å². The maximum atomic E-state index is 12.6. The van der Waals surface area contributed by atoms with Crippen molar-refractivity contribution in [2.75, 3.05) is 13.1 Å². The lowest BCUT2D eigenvalue weighted by molar-refractivity contribution is 0.0945. The van der Waals surface area contributed by atoms with Crippen LogP contribution in [0.15, 0.2) is 23.1 Å². The van der Waals surface area contributed by atoms with Crippen LogP contribution in [0, 0.1) is 5.92 Å². The van der Waals surface area contributed by atoms with Gasteiger partial charge in [-0.15, -0.1) is 0 Å². The molecule has 1 fully saturated rings. The molecular formula is C15H21N3O3S.